The van der Waals surface area contributed by atoms with E-state index in [2.05, 4.69) is 43.2 Å². The second-order valence-electron chi connectivity index (χ2n) is 11.6. The SMILES string of the molecule is CC[C@@H]1CCCCN1CC(=O)Nc1sc2c(c1C(=O)Nc1ccc(OC)cc1OC)CC[C@H](C(C)(C)C)C2. The molecule has 1 fully saturated rings. The maximum atomic E-state index is 13.8. The fourth-order valence-electron chi connectivity index (χ4n) is 5.82. The second-order valence-corrected chi connectivity index (χ2v) is 12.7. The van der Waals surface area contributed by atoms with Crippen LogP contribution in [0.2, 0.25) is 0 Å². The highest BCUT2D eigenvalue weighted by molar-refractivity contribution is 7.17. The molecule has 208 valence electrons. The lowest BCUT2D eigenvalue weighted by atomic mass is 9.72. The minimum absolute atomic E-state index is 0.0487. The van der Waals surface area contributed by atoms with Crippen LogP contribution >= 0.6 is 11.3 Å². The number of nitrogens with zero attached hydrogens (tertiary/aromatic N) is 1. The molecule has 0 saturated carbocycles. The lowest BCUT2D eigenvalue weighted by molar-refractivity contribution is -0.118. The zero-order valence-corrected chi connectivity index (χ0v) is 24.6. The van der Waals surface area contributed by atoms with Crippen LogP contribution in [0, 0.1) is 11.3 Å². The summed E-state index contributed by atoms with van der Waals surface area (Å²) in [6.45, 7) is 10.3. The van der Waals surface area contributed by atoms with E-state index < -0.39 is 0 Å². The van der Waals surface area contributed by atoms with Crippen molar-refractivity contribution in [3.05, 3.63) is 34.2 Å². The number of methoxy groups -OCH3 is 2. The minimum Gasteiger partial charge on any atom is -0.497 e. The van der Waals surface area contributed by atoms with Gasteiger partial charge in [-0.15, -0.1) is 11.3 Å². The van der Waals surface area contributed by atoms with E-state index in [0.29, 0.717) is 46.3 Å². The molecule has 2 amide bonds. The number of anilines is 2. The quantitative estimate of drug-likeness (QED) is 0.406. The van der Waals surface area contributed by atoms with Gasteiger partial charge in [-0.2, -0.15) is 0 Å². The monoisotopic (exact) mass is 541 g/mol. The summed E-state index contributed by atoms with van der Waals surface area (Å²) in [6.07, 6.45) is 7.32. The summed E-state index contributed by atoms with van der Waals surface area (Å²) in [4.78, 5) is 30.6. The van der Waals surface area contributed by atoms with Crippen LogP contribution in [-0.2, 0) is 17.6 Å². The Kier molecular flexibility index (Phi) is 9.04. The summed E-state index contributed by atoms with van der Waals surface area (Å²) >= 11 is 1.57. The lowest BCUT2D eigenvalue weighted by Gasteiger charge is -2.34. The summed E-state index contributed by atoms with van der Waals surface area (Å²) in [6, 6.07) is 5.77. The number of likely N-dealkylation sites (tertiary alicyclic amines) is 1. The highest BCUT2D eigenvalue weighted by Crippen LogP contribution is 2.45. The van der Waals surface area contributed by atoms with E-state index in [-0.39, 0.29) is 17.2 Å². The van der Waals surface area contributed by atoms with Crippen LogP contribution in [0.3, 0.4) is 0 Å². The van der Waals surface area contributed by atoms with Gasteiger partial charge in [0.05, 0.1) is 32.0 Å². The predicted octanol–water partition coefficient (Wildman–Crippen LogP) is 6.37. The van der Waals surface area contributed by atoms with Gasteiger partial charge in [0.2, 0.25) is 5.91 Å². The molecule has 2 aromatic rings. The van der Waals surface area contributed by atoms with E-state index in [1.807, 2.05) is 0 Å². The molecule has 2 N–H and O–H groups in total. The lowest BCUT2D eigenvalue weighted by Crippen LogP contribution is -2.43. The van der Waals surface area contributed by atoms with E-state index >= 15 is 0 Å². The molecule has 1 saturated heterocycles. The smallest absolute Gasteiger partial charge is 0.259 e. The molecule has 38 heavy (non-hydrogen) atoms. The number of carbonyl (C=O) groups is 2. The Balaban J connectivity index is 1.62. The van der Waals surface area contributed by atoms with Crippen molar-refractivity contribution in [2.24, 2.45) is 11.3 Å². The second kappa shape index (κ2) is 12.1. The molecule has 0 spiro atoms. The molecule has 2 aliphatic rings. The first kappa shape index (κ1) is 28.4. The first-order valence-electron chi connectivity index (χ1n) is 13.9. The molecule has 2 heterocycles. The van der Waals surface area contributed by atoms with E-state index in [0.717, 1.165) is 50.6 Å². The van der Waals surface area contributed by atoms with Crippen molar-refractivity contribution in [1.82, 2.24) is 4.90 Å². The maximum Gasteiger partial charge on any atom is 0.259 e. The van der Waals surface area contributed by atoms with Gasteiger partial charge in [0.1, 0.15) is 16.5 Å². The van der Waals surface area contributed by atoms with Gasteiger partial charge in [-0.1, -0.05) is 34.1 Å². The summed E-state index contributed by atoms with van der Waals surface area (Å²) in [5.41, 5.74) is 2.42. The summed E-state index contributed by atoms with van der Waals surface area (Å²) in [7, 11) is 3.16. The number of nitrogens with one attached hydrogen (secondary N) is 2. The Morgan fingerprint density at radius 2 is 1.89 bits per heavy atom. The Labute approximate surface area is 231 Å². The van der Waals surface area contributed by atoms with Crippen LogP contribution in [0.15, 0.2) is 18.2 Å². The molecule has 1 aromatic carbocycles. The molecule has 1 aliphatic carbocycles. The van der Waals surface area contributed by atoms with Crippen molar-refractivity contribution in [1.29, 1.82) is 0 Å². The number of ether oxygens (including phenoxy) is 2. The molecule has 7 nitrogen and oxygen atoms in total. The number of hydrogen-bond donors (Lipinski definition) is 2. The van der Waals surface area contributed by atoms with E-state index in [1.54, 1.807) is 43.8 Å². The van der Waals surface area contributed by atoms with Crippen molar-refractivity contribution in [2.45, 2.75) is 78.7 Å². The standard InChI is InChI=1S/C30H43N3O4S/c1-7-20-10-8-9-15-33(20)18-26(34)32-29-27(22-13-11-19(30(2,3)4)16-25(22)38-29)28(35)31-23-14-12-21(36-5)17-24(23)37-6/h12,14,17,19-20H,7-11,13,15-16,18H2,1-6H3,(H,31,35)(H,32,34)/t19-,20+/m0/s1. The number of piperidine rings is 1. The zero-order valence-electron chi connectivity index (χ0n) is 23.7. The van der Waals surface area contributed by atoms with Gasteiger partial charge in [0.25, 0.3) is 5.91 Å². The first-order valence-corrected chi connectivity index (χ1v) is 14.7. The predicted molar refractivity (Wildman–Crippen MR) is 155 cm³/mol. The largest absolute Gasteiger partial charge is 0.497 e. The third-order valence-corrected chi connectivity index (χ3v) is 9.36. The highest BCUT2D eigenvalue weighted by Gasteiger charge is 2.34. The van der Waals surface area contributed by atoms with Crippen molar-refractivity contribution >= 4 is 33.8 Å². The van der Waals surface area contributed by atoms with Crippen LogP contribution < -0.4 is 20.1 Å². The van der Waals surface area contributed by atoms with Crippen molar-refractivity contribution in [3.63, 3.8) is 0 Å². The number of rotatable bonds is 8. The van der Waals surface area contributed by atoms with Gasteiger partial charge in [-0.3, -0.25) is 14.5 Å². The molecule has 0 bridgehead atoms. The molecular weight excluding hydrogens is 498 g/mol. The van der Waals surface area contributed by atoms with E-state index in [9.17, 15) is 9.59 Å². The van der Waals surface area contributed by atoms with E-state index in [1.165, 1.54) is 11.3 Å². The van der Waals surface area contributed by atoms with Crippen LogP contribution in [-0.4, -0.2) is 50.1 Å². The fraction of sp³-hybridized carbons (Fsp3) is 0.600. The number of amides is 2. The Morgan fingerprint density at radius 1 is 1.11 bits per heavy atom. The fourth-order valence-corrected chi connectivity index (χ4v) is 7.16. The highest BCUT2D eigenvalue weighted by atomic mass is 32.1. The van der Waals surface area contributed by atoms with Gasteiger partial charge in [-0.05, 0) is 74.1 Å². The van der Waals surface area contributed by atoms with Crippen molar-refractivity contribution in [3.8, 4) is 11.5 Å². The van der Waals surface area contributed by atoms with Crippen LogP contribution in [0.5, 0.6) is 11.5 Å². The first-order chi connectivity index (χ1) is 18.1. The Morgan fingerprint density at radius 3 is 2.58 bits per heavy atom. The van der Waals surface area contributed by atoms with Gasteiger partial charge in [0.15, 0.2) is 0 Å². The number of benzene rings is 1. The molecule has 0 unspecified atom stereocenters. The zero-order chi connectivity index (χ0) is 27.4. The Hall–Kier alpha value is -2.58. The molecule has 4 rings (SSSR count). The van der Waals surface area contributed by atoms with Crippen LogP contribution in [0.1, 0.15) is 80.6 Å². The van der Waals surface area contributed by atoms with Gasteiger partial charge < -0.3 is 20.1 Å². The summed E-state index contributed by atoms with van der Waals surface area (Å²) in [5.74, 6) is 1.44. The van der Waals surface area contributed by atoms with Gasteiger partial charge in [-0.25, -0.2) is 0 Å². The van der Waals surface area contributed by atoms with Crippen molar-refractivity contribution in [2.75, 3.05) is 37.9 Å². The average molecular weight is 542 g/mol. The molecule has 1 aromatic heterocycles. The minimum atomic E-state index is -0.222. The molecule has 8 heteroatoms. The van der Waals surface area contributed by atoms with Crippen LogP contribution in [0.4, 0.5) is 10.7 Å². The Bertz CT molecular complexity index is 1150. The van der Waals surface area contributed by atoms with Gasteiger partial charge in [0, 0.05) is 17.0 Å². The number of carbonyl (C=O) groups excluding carboxylic acids is 2. The third-order valence-electron chi connectivity index (χ3n) is 8.19. The molecule has 0 radical (unpaired) electrons. The number of hydrogen-bond acceptors (Lipinski definition) is 6. The molecule has 1 aliphatic heterocycles. The maximum absolute atomic E-state index is 13.8. The average Bonchev–Trinajstić information content (AvgIpc) is 3.25. The molecular formula is C30H43N3O4S. The van der Waals surface area contributed by atoms with Crippen LogP contribution in [0.25, 0.3) is 0 Å². The van der Waals surface area contributed by atoms with Gasteiger partial charge >= 0.3 is 0 Å². The summed E-state index contributed by atoms with van der Waals surface area (Å²) < 4.78 is 10.8. The number of fused-ring (bicyclic) bond motifs is 1. The third kappa shape index (κ3) is 6.34. The van der Waals surface area contributed by atoms with E-state index in [4.69, 9.17) is 9.47 Å². The van der Waals surface area contributed by atoms with Crippen molar-refractivity contribution < 1.29 is 19.1 Å². The topological polar surface area (TPSA) is 79.9 Å². The number of thiophene rings is 1. The normalized spacial score (nSPS) is 19.9. The summed E-state index contributed by atoms with van der Waals surface area (Å²) in [5, 5.41) is 6.85. The molecule has 2 atom stereocenters.